The summed E-state index contributed by atoms with van der Waals surface area (Å²) in [6.45, 7) is 0. The first kappa shape index (κ1) is 21.7. The molecule has 0 saturated carbocycles. The summed E-state index contributed by atoms with van der Waals surface area (Å²) in [5.74, 6) is -2.47. The fourth-order valence-corrected chi connectivity index (χ4v) is 4.97. The van der Waals surface area contributed by atoms with E-state index in [1.165, 1.54) is 23.8 Å². The Kier molecular flexibility index (Phi) is 6.05. The number of nitrogens with one attached hydrogen (secondary N) is 1. The number of nitrogens with two attached hydrogens (primary N) is 1. The maximum absolute atomic E-state index is 12.8. The number of carbonyl (C=O) groups is 3. The van der Waals surface area contributed by atoms with E-state index in [1.807, 2.05) is 0 Å². The highest BCUT2D eigenvalue weighted by atomic mass is 32.2. The molecule has 2 aliphatic heterocycles. The summed E-state index contributed by atoms with van der Waals surface area (Å²) in [5.41, 5.74) is 5.26. The van der Waals surface area contributed by atoms with Crippen LogP contribution in [0.4, 0.5) is 5.13 Å². The number of anilines is 1. The van der Waals surface area contributed by atoms with E-state index in [2.05, 4.69) is 24.8 Å². The second kappa shape index (κ2) is 8.92. The van der Waals surface area contributed by atoms with Crippen LogP contribution < -0.4 is 11.1 Å². The highest BCUT2D eigenvalue weighted by Crippen LogP contribution is 2.43. The van der Waals surface area contributed by atoms with Gasteiger partial charge in [-0.3, -0.25) is 19.5 Å². The van der Waals surface area contributed by atoms with Crippen LogP contribution in [0.3, 0.4) is 0 Å². The maximum atomic E-state index is 12.8. The van der Waals surface area contributed by atoms with Crippen LogP contribution in [-0.4, -0.2) is 67.0 Å². The molecule has 2 atom stereocenters. The van der Waals surface area contributed by atoms with E-state index in [0.29, 0.717) is 17.7 Å². The van der Waals surface area contributed by atoms with Crippen molar-refractivity contribution in [1.29, 1.82) is 0 Å². The molecule has 166 valence electrons. The number of aliphatic carboxylic acids is 1. The fraction of sp³-hybridized carbons (Fsp3) is 0.278. The molecule has 2 aromatic rings. The summed E-state index contributed by atoms with van der Waals surface area (Å²) >= 11 is 2.17. The molecule has 0 radical (unpaired) electrons. The first-order valence-electron chi connectivity index (χ1n) is 9.29. The summed E-state index contributed by atoms with van der Waals surface area (Å²) in [4.78, 5) is 52.7. The van der Waals surface area contributed by atoms with E-state index < -0.39 is 29.9 Å². The minimum Gasteiger partial charge on any atom is -0.477 e. The number of thioether (sulfide) groups is 1. The van der Waals surface area contributed by atoms with Gasteiger partial charge < -0.3 is 21.0 Å². The molecule has 14 heteroatoms. The van der Waals surface area contributed by atoms with E-state index in [-0.39, 0.29) is 22.4 Å². The molecule has 12 nitrogen and oxygen atoms in total. The molecule has 1 saturated heterocycles. The van der Waals surface area contributed by atoms with Crippen molar-refractivity contribution in [2.75, 3.05) is 12.8 Å². The maximum Gasteiger partial charge on any atom is 0.353 e. The van der Waals surface area contributed by atoms with Crippen LogP contribution in [0.5, 0.6) is 0 Å². The number of oxime groups is 1. The Labute approximate surface area is 189 Å². The molecule has 2 amide bonds. The summed E-state index contributed by atoms with van der Waals surface area (Å²) in [7, 11) is 1.26. The number of carboxylic acids is 1. The van der Waals surface area contributed by atoms with Gasteiger partial charge in [-0.05, 0) is 25.0 Å². The molecule has 4 rings (SSSR count). The van der Waals surface area contributed by atoms with Crippen molar-refractivity contribution in [3.8, 4) is 0 Å². The number of hydrogen-bond acceptors (Lipinski definition) is 11. The molecule has 4 heterocycles. The van der Waals surface area contributed by atoms with Gasteiger partial charge in [0, 0.05) is 33.7 Å². The van der Waals surface area contributed by atoms with E-state index >= 15 is 0 Å². The Morgan fingerprint density at radius 2 is 2.16 bits per heavy atom. The van der Waals surface area contributed by atoms with Crippen LogP contribution in [0.2, 0.25) is 0 Å². The average molecular weight is 476 g/mol. The first-order valence-corrected chi connectivity index (χ1v) is 10.9. The number of fused-ring (bicyclic) bond motifs is 1. The van der Waals surface area contributed by atoms with Crippen molar-refractivity contribution in [3.05, 3.63) is 41.0 Å². The number of nitrogens with zero attached hydrogens (tertiary/aromatic N) is 5. The van der Waals surface area contributed by atoms with Gasteiger partial charge in [-0.25, -0.2) is 4.79 Å². The quantitative estimate of drug-likeness (QED) is 0.290. The van der Waals surface area contributed by atoms with Crippen LogP contribution in [-0.2, 0) is 19.2 Å². The van der Waals surface area contributed by atoms with Gasteiger partial charge in [0.1, 0.15) is 18.8 Å². The number of β-lactam (4-membered cyclic amide) rings is 1. The molecule has 1 fully saturated rings. The van der Waals surface area contributed by atoms with Crippen LogP contribution in [0, 0.1) is 0 Å². The highest BCUT2D eigenvalue weighted by Gasteiger charge is 2.53. The lowest BCUT2D eigenvalue weighted by Crippen LogP contribution is -2.72. The lowest BCUT2D eigenvalue weighted by Gasteiger charge is -2.50. The zero-order valence-electron chi connectivity index (χ0n) is 16.6. The Morgan fingerprint density at radius 3 is 2.78 bits per heavy atom. The molecular weight excluding hydrogens is 458 g/mol. The van der Waals surface area contributed by atoms with Gasteiger partial charge in [-0.2, -0.15) is 9.36 Å². The standard InChI is InChI=1S/C18H17N7O5S2/c1-30-23-12(14-22-18(19)32-24-14)15(26)21-11-9-2-3-10(31-8-4-6-20-7-5-8)13(17(28)29)25(9)16(11)27/h4-7,9,11H,2-3H2,1H3,(H,21,26)(H,28,29)(H2,19,22,24)/b23-12-/t9?,11-/m0/s1. The number of carbonyl (C=O) groups excluding carboxylic acids is 2. The third kappa shape index (κ3) is 4.01. The number of carboxylic acid groups (broad SMARTS) is 1. The SMILES string of the molecule is CO/N=C(\C(=O)N[C@@H]1C(=O)N2C(C(=O)O)=C(Sc3ccncc3)CCC12)c1nsc(N)n1. The second-order valence-corrected chi connectivity index (χ2v) is 8.66. The third-order valence-corrected chi connectivity index (χ3v) is 6.52. The number of allylic oxidation sites excluding steroid dienone is 1. The summed E-state index contributed by atoms with van der Waals surface area (Å²) in [5, 5.41) is 16.2. The molecular formula is C18H17N7O5S2. The van der Waals surface area contributed by atoms with Gasteiger partial charge >= 0.3 is 5.97 Å². The van der Waals surface area contributed by atoms with Gasteiger partial charge in [-0.1, -0.05) is 16.9 Å². The van der Waals surface area contributed by atoms with Crippen LogP contribution in [0.25, 0.3) is 0 Å². The molecule has 2 aromatic heterocycles. The number of pyridine rings is 1. The number of nitrogen functional groups attached to an aromatic ring is 1. The van der Waals surface area contributed by atoms with Crippen LogP contribution in [0.15, 0.2) is 45.2 Å². The second-order valence-electron chi connectivity index (χ2n) is 6.71. The summed E-state index contributed by atoms with van der Waals surface area (Å²) < 4.78 is 3.94. The van der Waals surface area contributed by atoms with Crippen molar-refractivity contribution >= 4 is 51.9 Å². The van der Waals surface area contributed by atoms with Gasteiger partial charge in [0.25, 0.3) is 11.8 Å². The number of rotatable bonds is 7. The largest absolute Gasteiger partial charge is 0.477 e. The van der Waals surface area contributed by atoms with Gasteiger partial charge in [-0.15, -0.1) is 0 Å². The molecule has 1 unspecified atom stereocenters. The average Bonchev–Trinajstić information content (AvgIpc) is 3.21. The molecule has 2 aliphatic rings. The van der Waals surface area contributed by atoms with Crippen molar-refractivity contribution in [1.82, 2.24) is 24.6 Å². The van der Waals surface area contributed by atoms with E-state index in [9.17, 15) is 19.5 Å². The Bertz CT molecular complexity index is 1130. The van der Waals surface area contributed by atoms with E-state index in [1.54, 1.807) is 24.5 Å². The first-order chi connectivity index (χ1) is 15.4. The molecule has 32 heavy (non-hydrogen) atoms. The van der Waals surface area contributed by atoms with E-state index in [4.69, 9.17) is 10.6 Å². The van der Waals surface area contributed by atoms with Gasteiger partial charge in [0.05, 0.1) is 6.04 Å². The van der Waals surface area contributed by atoms with Gasteiger partial charge in [0.15, 0.2) is 5.13 Å². The predicted molar refractivity (Wildman–Crippen MR) is 114 cm³/mol. The zero-order valence-corrected chi connectivity index (χ0v) is 18.2. The molecule has 0 bridgehead atoms. The molecule has 0 aromatic carbocycles. The number of hydrogen-bond donors (Lipinski definition) is 3. The Balaban J connectivity index is 1.53. The minimum atomic E-state index is -1.20. The molecule has 0 spiro atoms. The normalized spacial score (nSPS) is 20.5. The summed E-state index contributed by atoms with van der Waals surface area (Å²) in [6.07, 6.45) is 4.15. The monoisotopic (exact) mass is 475 g/mol. The molecule has 4 N–H and O–H groups in total. The molecule has 0 aliphatic carbocycles. The van der Waals surface area contributed by atoms with Crippen molar-refractivity contribution < 1.29 is 24.3 Å². The third-order valence-electron chi connectivity index (χ3n) is 4.82. The van der Waals surface area contributed by atoms with Crippen molar-refractivity contribution in [2.24, 2.45) is 5.16 Å². The van der Waals surface area contributed by atoms with Crippen molar-refractivity contribution in [3.63, 3.8) is 0 Å². The number of amides is 2. The lowest BCUT2D eigenvalue weighted by atomic mass is 9.86. The minimum absolute atomic E-state index is 0.0266. The highest BCUT2D eigenvalue weighted by molar-refractivity contribution is 8.03. The summed E-state index contributed by atoms with van der Waals surface area (Å²) in [6, 6.07) is 2.14. The van der Waals surface area contributed by atoms with Crippen molar-refractivity contribution in [2.45, 2.75) is 29.8 Å². The van der Waals surface area contributed by atoms with Crippen LogP contribution in [0.1, 0.15) is 18.7 Å². The zero-order chi connectivity index (χ0) is 22.8. The lowest BCUT2D eigenvalue weighted by molar-refractivity contribution is -0.155. The Morgan fingerprint density at radius 1 is 1.41 bits per heavy atom. The smallest absolute Gasteiger partial charge is 0.353 e. The van der Waals surface area contributed by atoms with E-state index in [0.717, 1.165) is 16.4 Å². The fourth-order valence-electron chi connectivity index (χ4n) is 3.49. The Hall–Kier alpha value is -3.52. The van der Waals surface area contributed by atoms with Gasteiger partial charge in [0.2, 0.25) is 11.5 Å². The number of aromatic nitrogens is 3. The van der Waals surface area contributed by atoms with Crippen LogP contribution >= 0.6 is 23.3 Å². The topological polar surface area (TPSA) is 173 Å². The predicted octanol–water partition coefficient (Wildman–Crippen LogP) is 0.444.